The number of pyridine rings is 2. The third kappa shape index (κ3) is 7.55. The first-order valence-corrected chi connectivity index (χ1v) is 14.9. The van der Waals surface area contributed by atoms with Crippen molar-refractivity contribution in [3.63, 3.8) is 0 Å². The van der Waals surface area contributed by atoms with Crippen molar-refractivity contribution in [1.29, 1.82) is 0 Å². The Morgan fingerprint density at radius 2 is 2.00 bits per heavy atom. The fraction of sp³-hybridized carbons (Fsp3) is 0.483. The summed E-state index contributed by atoms with van der Waals surface area (Å²) in [5, 5.41) is 9.71. The number of nitrogens with zero attached hydrogens (tertiary/aromatic N) is 2. The Hall–Kier alpha value is -3.21. The van der Waals surface area contributed by atoms with Crippen LogP contribution in [0, 0.1) is 17.8 Å². The Morgan fingerprint density at radius 1 is 1.20 bits per heavy atom. The summed E-state index contributed by atoms with van der Waals surface area (Å²) < 4.78 is 19.9. The van der Waals surface area contributed by atoms with Gasteiger partial charge in [-0.05, 0) is 57.8 Å². The molecule has 7 N–H and O–H groups in total. The number of halogens is 1. The van der Waals surface area contributed by atoms with Crippen molar-refractivity contribution in [3.05, 3.63) is 47.7 Å². The van der Waals surface area contributed by atoms with E-state index in [4.69, 9.17) is 10.5 Å². The second kappa shape index (κ2) is 13.6. The van der Waals surface area contributed by atoms with Gasteiger partial charge >= 0.3 is 0 Å². The van der Waals surface area contributed by atoms with E-state index in [1.165, 1.54) is 38.2 Å². The number of amides is 1. The number of ether oxygens (including phenoxy) is 1. The summed E-state index contributed by atoms with van der Waals surface area (Å²) >= 11 is 1.48. The maximum absolute atomic E-state index is 14.3. The molecule has 2 aromatic heterocycles. The number of hydrogen-bond acceptors (Lipinski definition) is 10. The van der Waals surface area contributed by atoms with E-state index in [1.807, 2.05) is 6.20 Å². The molecule has 0 aromatic carbocycles. The minimum atomic E-state index is -1.30. The lowest BCUT2D eigenvalue weighted by Crippen LogP contribution is -2.43. The maximum Gasteiger partial charge on any atom is 0.255 e. The number of hydrogen-bond donors (Lipinski definition) is 6. The van der Waals surface area contributed by atoms with Gasteiger partial charge in [0.2, 0.25) is 0 Å². The minimum Gasteiger partial charge on any atom is -0.494 e. The maximum atomic E-state index is 14.3. The highest BCUT2D eigenvalue weighted by Crippen LogP contribution is 2.35. The van der Waals surface area contributed by atoms with E-state index in [2.05, 4.69) is 48.6 Å². The van der Waals surface area contributed by atoms with Crippen LogP contribution in [0.3, 0.4) is 0 Å². The van der Waals surface area contributed by atoms with Gasteiger partial charge in [0.05, 0.1) is 30.3 Å². The van der Waals surface area contributed by atoms with Gasteiger partial charge in [0, 0.05) is 47.6 Å². The quantitative estimate of drug-likeness (QED) is 0.245. The van der Waals surface area contributed by atoms with E-state index in [0.717, 1.165) is 44.3 Å². The lowest BCUT2D eigenvalue weighted by atomic mass is 9.97. The highest BCUT2D eigenvalue weighted by molar-refractivity contribution is 8.00. The summed E-state index contributed by atoms with van der Waals surface area (Å²) in [5.41, 5.74) is 15.0. The number of aromatic nitrogens is 2. The van der Waals surface area contributed by atoms with Gasteiger partial charge < -0.3 is 26.4 Å². The van der Waals surface area contributed by atoms with Crippen molar-refractivity contribution in [1.82, 2.24) is 36.8 Å². The zero-order chi connectivity index (χ0) is 28.8. The first-order chi connectivity index (χ1) is 19.9. The number of hydrazine groups is 1. The molecule has 1 aliphatic carbocycles. The van der Waals surface area contributed by atoms with Crippen LogP contribution in [0.25, 0.3) is 16.7 Å². The molecule has 3 atom stereocenters. The SMILES string of the molecule is COc1cnc(C(C)F)cc1-c1cc(/C(=C/NC2CCNCC2)CN)ncc1C(=O)NC1NNC(C#CC2CC2)S1. The van der Waals surface area contributed by atoms with Gasteiger partial charge in [-0.2, -0.15) is 0 Å². The molecule has 12 heteroatoms. The number of methoxy groups -OCH3 is 1. The van der Waals surface area contributed by atoms with Crippen LogP contribution < -0.4 is 37.3 Å². The normalized spacial score (nSPS) is 22.0. The van der Waals surface area contributed by atoms with Crippen LogP contribution in [0.4, 0.5) is 4.39 Å². The van der Waals surface area contributed by atoms with Gasteiger partial charge in [-0.3, -0.25) is 14.8 Å². The number of rotatable bonds is 9. The van der Waals surface area contributed by atoms with Gasteiger partial charge in [0.1, 0.15) is 22.8 Å². The van der Waals surface area contributed by atoms with Gasteiger partial charge in [-0.15, -0.1) is 0 Å². The molecule has 3 unspecified atom stereocenters. The second-order valence-electron chi connectivity index (χ2n) is 10.3. The first kappa shape index (κ1) is 29.3. The number of alkyl halides is 1. The third-order valence-electron chi connectivity index (χ3n) is 7.21. The fourth-order valence-electron chi connectivity index (χ4n) is 4.64. The number of carbonyl (C=O) groups is 1. The molecule has 1 amide bonds. The number of piperidine rings is 1. The molecule has 4 heterocycles. The average molecular weight is 581 g/mol. The molecule has 41 heavy (non-hydrogen) atoms. The molecule has 218 valence electrons. The average Bonchev–Trinajstić information content (AvgIpc) is 3.73. The molecular weight excluding hydrogens is 543 g/mol. The van der Waals surface area contributed by atoms with Crippen molar-refractivity contribution >= 4 is 23.2 Å². The summed E-state index contributed by atoms with van der Waals surface area (Å²) in [6.45, 7) is 3.59. The topological polar surface area (TPSA) is 138 Å². The van der Waals surface area contributed by atoms with Crippen LogP contribution in [0.15, 0.2) is 30.7 Å². The Morgan fingerprint density at radius 3 is 2.71 bits per heavy atom. The summed E-state index contributed by atoms with van der Waals surface area (Å²) in [6.07, 6.45) is 7.95. The standard InChI is InChI=1S/C29H37FN8O2S/c1-17(30)24-12-22(26(40-2)16-35-24)21-11-25(19(13-31)14-33-20-7-9-32-10-8-20)34-15-23(21)28(39)36-29-38-37-27(41-29)6-5-18-3-4-18/h11-12,14-18,20,27,29,32-33,37-38H,3-4,7-10,13,31H2,1-2H3,(H,36,39)/b19-14+. The Balaban J connectivity index is 1.45. The zero-order valence-corrected chi connectivity index (χ0v) is 24.1. The second-order valence-corrected chi connectivity index (χ2v) is 11.5. The van der Waals surface area contributed by atoms with Crippen molar-refractivity contribution in [2.24, 2.45) is 11.7 Å². The van der Waals surface area contributed by atoms with Crippen LogP contribution in [0.1, 0.15) is 60.5 Å². The molecule has 0 bridgehead atoms. The summed E-state index contributed by atoms with van der Waals surface area (Å²) in [7, 11) is 1.52. The monoisotopic (exact) mass is 580 g/mol. The van der Waals surface area contributed by atoms with Crippen molar-refractivity contribution < 1.29 is 13.9 Å². The van der Waals surface area contributed by atoms with Gasteiger partial charge in [-0.25, -0.2) is 15.2 Å². The van der Waals surface area contributed by atoms with Crippen molar-refractivity contribution in [2.45, 2.75) is 55.7 Å². The van der Waals surface area contributed by atoms with Gasteiger partial charge in [0.25, 0.3) is 5.91 Å². The zero-order valence-electron chi connectivity index (χ0n) is 23.3. The lowest BCUT2D eigenvalue weighted by Gasteiger charge is -2.23. The molecule has 3 fully saturated rings. The van der Waals surface area contributed by atoms with Gasteiger partial charge in [-0.1, -0.05) is 23.6 Å². The van der Waals surface area contributed by atoms with E-state index in [9.17, 15) is 9.18 Å². The summed E-state index contributed by atoms with van der Waals surface area (Å²) in [4.78, 5) is 22.4. The Labute approximate surface area is 244 Å². The van der Waals surface area contributed by atoms with E-state index < -0.39 is 11.7 Å². The Kier molecular flexibility index (Phi) is 9.74. The molecule has 3 aliphatic rings. The predicted molar refractivity (Wildman–Crippen MR) is 159 cm³/mol. The van der Waals surface area contributed by atoms with E-state index in [1.54, 1.807) is 12.1 Å². The van der Waals surface area contributed by atoms with Crippen LogP contribution in [0.5, 0.6) is 5.75 Å². The minimum absolute atomic E-state index is 0.126. The molecule has 5 rings (SSSR count). The van der Waals surface area contributed by atoms with Crippen molar-refractivity contribution in [2.75, 3.05) is 26.7 Å². The Bertz CT molecular complexity index is 1330. The fourth-order valence-corrected chi connectivity index (χ4v) is 5.50. The largest absolute Gasteiger partial charge is 0.494 e. The molecular formula is C29H37FN8O2S. The number of nitrogens with two attached hydrogens (primary N) is 1. The van der Waals surface area contributed by atoms with Crippen LogP contribution in [0.2, 0.25) is 0 Å². The molecule has 0 radical (unpaired) electrons. The molecule has 2 saturated heterocycles. The first-order valence-electron chi connectivity index (χ1n) is 14.0. The molecule has 1 saturated carbocycles. The highest BCUT2D eigenvalue weighted by Gasteiger charge is 2.28. The van der Waals surface area contributed by atoms with E-state index in [-0.39, 0.29) is 23.5 Å². The molecule has 10 nitrogen and oxygen atoms in total. The third-order valence-corrected chi connectivity index (χ3v) is 8.23. The van der Waals surface area contributed by atoms with Gasteiger partial charge in [0.15, 0.2) is 0 Å². The lowest BCUT2D eigenvalue weighted by molar-refractivity contribution is 0.0945. The summed E-state index contributed by atoms with van der Waals surface area (Å²) in [6, 6.07) is 3.77. The smallest absolute Gasteiger partial charge is 0.255 e. The molecule has 0 spiro atoms. The predicted octanol–water partition coefficient (Wildman–Crippen LogP) is 2.42. The van der Waals surface area contributed by atoms with E-state index >= 15 is 0 Å². The van der Waals surface area contributed by atoms with Crippen LogP contribution in [-0.4, -0.2) is 59.5 Å². The van der Waals surface area contributed by atoms with Crippen molar-refractivity contribution in [3.8, 4) is 28.7 Å². The van der Waals surface area contributed by atoms with E-state index in [0.29, 0.717) is 40.1 Å². The van der Waals surface area contributed by atoms with Crippen LogP contribution >= 0.6 is 11.8 Å². The number of carbonyl (C=O) groups excluding carboxylic acids is 1. The molecule has 2 aliphatic heterocycles. The highest BCUT2D eigenvalue weighted by atomic mass is 32.2. The number of nitrogens with one attached hydrogen (secondary N) is 5. The van der Waals surface area contributed by atoms with Crippen LogP contribution in [-0.2, 0) is 0 Å². The summed E-state index contributed by atoms with van der Waals surface area (Å²) in [5.74, 6) is 7.01. The molecule has 2 aromatic rings. The number of thioether (sulfide) groups is 1.